The Morgan fingerprint density at radius 1 is 1.06 bits per heavy atom. The molecule has 0 aromatic heterocycles. The van der Waals surface area contributed by atoms with Crippen molar-refractivity contribution in [2.75, 3.05) is 30.3 Å². The predicted octanol–water partition coefficient (Wildman–Crippen LogP) is 5.71. The fourth-order valence-corrected chi connectivity index (χ4v) is 4.15. The first kappa shape index (κ1) is 27.2. The average molecular weight is 508 g/mol. The van der Waals surface area contributed by atoms with Gasteiger partial charge in [-0.05, 0) is 58.4 Å². The molecule has 3 rings (SSSR count). The molecule has 0 saturated carbocycles. The minimum absolute atomic E-state index is 0.159. The van der Waals surface area contributed by atoms with Crippen molar-refractivity contribution in [1.29, 1.82) is 0 Å². The third kappa shape index (κ3) is 6.83. The Bertz CT molecular complexity index is 1080. The van der Waals surface area contributed by atoms with E-state index in [1.807, 2.05) is 42.2 Å². The van der Waals surface area contributed by atoms with E-state index in [0.717, 1.165) is 5.56 Å². The summed E-state index contributed by atoms with van der Waals surface area (Å²) in [5.74, 6) is -0.587. The molecule has 36 heavy (non-hydrogen) atoms. The van der Waals surface area contributed by atoms with Crippen LogP contribution in [0, 0.1) is 6.92 Å². The van der Waals surface area contributed by atoms with Crippen LogP contribution in [0.3, 0.4) is 0 Å². The number of amides is 1. The van der Waals surface area contributed by atoms with Crippen LogP contribution in [-0.4, -0.2) is 54.2 Å². The lowest BCUT2D eigenvalue weighted by atomic mass is 10.0. The number of hydrogen-bond acceptors (Lipinski definition) is 6. The van der Waals surface area contributed by atoms with Gasteiger partial charge in [-0.3, -0.25) is 4.79 Å². The first-order valence-electron chi connectivity index (χ1n) is 11.7. The molecule has 2 aromatic rings. The van der Waals surface area contributed by atoms with E-state index >= 15 is 0 Å². The molecule has 1 heterocycles. The van der Waals surface area contributed by atoms with Crippen LogP contribution in [0.25, 0.3) is 0 Å². The van der Waals surface area contributed by atoms with Crippen molar-refractivity contribution in [3.8, 4) is 11.5 Å². The maximum atomic E-state index is 12.9. The Morgan fingerprint density at radius 3 is 2.33 bits per heavy atom. The number of rotatable bonds is 6. The Kier molecular flexibility index (Phi) is 8.05. The fraction of sp³-hybridized carbons (Fsp3) is 0.462. The van der Waals surface area contributed by atoms with Gasteiger partial charge in [0, 0.05) is 31.6 Å². The summed E-state index contributed by atoms with van der Waals surface area (Å²) in [7, 11) is 0. The number of ether oxygens (including phenoxy) is 2. The molecule has 2 N–H and O–H groups in total. The van der Waals surface area contributed by atoms with Crippen LogP contribution >= 0.6 is 0 Å². The number of alkyl halides is 3. The van der Waals surface area contributed by atoms with Gasteiger partial charge in [-0.15, -0.1) is 0 Å². The number of nitrogens with zero attached hydrogens (tertiary/aromatic N) is 2. The van der Waals surface area contributed by atoms with Crippen LogP contribution in [0.5, 0.6) is 11.5 Å². The molecule has 0 bridgehead atoms. The number of Topliss-reactive ketones (excluding diaryl/α,β-unsaturated/α-hetero) is 1. The van der Waals surface area contributed by atoms with E-state index in [0.29, 0.717) is 29.4 Å². The second-order valence-corrected chi connectivity index (χ2v) is 9.77. The van der Waals surface area contributed by atoms with E-state index < -0.39 is 36.1 Å². The van der Waals surface area contributed by atoms with Crippen molar-refractivity contribution in [1.82, 2.24) is 4.90 Å². The van der Waals surface area contributed by atoms with Gasteiger partial charge < -0.3 is 25.0 Å². The molecule has 1 fully saturated rings. The van der Waals surface area contributed by atoms with E-state index in [1.54, 1.807) is 32.9 Å². The summed E-state index contributed by atoms with van der Waals surface area (Å²) >= 11 is 0. The molecule has 10 heteroatoms. The highest BCUT2D eigenvalue weighted by Crippen LogP contribution is 2.38. The van der Waals surface area contributed by atoms with Crippen molar-refractivity contribution < 1.29 is 32.2 Å². The zero-order chi connectivity index (χ0) is 26.7. The van der Waals surface area contributed by atoms with Crippen LogP contribution < -0.4 is 15.4 Å². The van der Waals surface area contributed by atoms with Gasteiger partial charge in [0.25, 0.3) is 0 Å². The number of nitrogens with two attached hydrogens (primary N) is 1. The third-order valence-corrected chi connectivity index (χ3v) is 5.83. The number of halogens is 3. The van der Waals surface area contributed by atoms with Crippen LogP contribution in [0.2, 0.25) is 0 Å². The highest BCUT2D eigenvalue weighted by Gasteiger charge is 2.40. The quantitative estimate of drug-likeness (QED) is 0.505. The van der Waals surface area contributed by atoms with Gasteiger partial charge in [-0.25, -0.2) is 4.79 Å². The minimum atomic E-state index is -4.92. The second kappa shape index (κ2) is 10.7. The molecule has 2 aromatic carbocycles. The topological polar surface area (TPSA) is 85.1 Å². The van der Waals surface area contributed by atoms with Gasteiger partial charge in [0.1, 0.15) is 17.1 Å². The largest absolute Gasteiger partial charge is 0.457 e. The maximum Gasteiger partial charge on any atom is 0.449 e. The van der Waals surface area contributed by atoms with Gasteiger partial charge in [0.15, 0.2) is 0 Å². The number of anilines is 2. The van der Waals surface area contributed by atoms with Gasteiger partial charge in [0.2, 0.25) is 5.78 Å². The Balaban J connectivity index is 1.86. The van der Waals surface area contributed by atoms with E-state index in [2.05, 4.69) is 0 Å². The zero-order valence-corrected chi connectivity index (χ0v) is 20.9. The average Bonchev–Trinajstić information content (AvgIpc) is 2.78. The van der Waals surface area contributed by atoms with E-state index in [9.17, 15) is 22.8 Å². The number of ketones is 1. The number of benzene rings is 2. The molecule has 1 atom stereocenters. The van der Waals surface area contributed by atoms with Crippen molar-refractivity contribution in [2.24, 2.45) is 0 Å². The maximum absolute atomic E-state index is 12.9. The molecule has 0 aliphatic carbocycles. The molecule has 0 unspecified atom stereocenters. The highest BCUT2D eigenvalue weighted by atomic mass is 19.4. The van der Waals surface area contributed by atoms with Crippen LogP contribution in [-0.2, 0) is 9.53 Å². The lowest BCUT2D eigenvalue weighted by Crippen LogP contribution is -2.56. The van der Waals surface area contributed by atoms with Gasteiger partial charge in [-0.1, -0.05) is 18.2 Å². The number of hydrogen-bond donors (Lipinski definition) is 1. The standard InChI is InChI=1S/C26H32F3N3O4/c1-17-21(35-19-8-6-5-7-9-19)12-11-20(30)23(17)31-14-15-32(24(34)36-25(2,3)4)18(16-31)10-13-22(33)26(27,28)29/h5-9,11-12,18H,10,13-16,30H2,1-4H3/t18-/m0/s1. The number of carbonyl (C=O) groups is 2. The predicted molar refractivity (Wildman–Crippen MR) is 131 cm³/mol. The molecule has 196 valence electrons. The summed E-state index contributed by atoms with van der Waals surface area (Å²) < 4.78 is 50.1. The smallest absolute Gasteiger partial charge is 0.449 e. The zero-order valence-electron chi connectivity index (χ0n) is 20.9. The number of carbonyl (C=O) groups excluding carboxylic acids is 2. The van der Waals surface area contributed by atoms with Crippen LogP contribution in [0.1, 0.15) is 39.2 Å². The highest BCUT2D eigenvalue weighted by molar-refractivity contribution is 5.84. The molecule has 1 amide bonds. The van der Waals surface area contributed by atoms with Crippen molar-refractivity contribution in [2.45, 2.75) is 58.4 Å². The van der Waals surface area contributed by atoms with E-state index in [-0.39, 0.29) is 19.5 Å². The summed E-state index contributed by atoms with van der Waals surface area (Å²) in [4.78, 5) is 27.7. The van der Waals surface area contributed by atoms with Gasteiger partial charge in [0.05, 0.1) is 17.4 Å². The normalized spacial score (nSPS) is 16.6. The number of para-hydroxylation sites is 1. The Hall–Kier alpha value is -3.43. The van der Waals surface area contributed by atoms with Crippen molar-refractivity contribution in [3.63, 3.8) is 0 Å². The minimum Gasteiger partial charge on any atom is -0.457 e. The SMILES string of the molecule is Cc1c(Oc2ccccc2)ccc(N)c1N1CCN(C(=O)OC(C)(C)C)[C@@H](CCC(=O)C(F)(F)F)C1. The summed E-state index contributed by atoms with van der Waals surface area (Å²) in [5, 5.41) is 0. The molecule has 0 radical (unpaired) electrons. The molecule has 1 aliphatic rings. The fourth-order valence-electron chi connectivity index (χ4n) is 4.15. The lowest BCUT2D eigenvalue weighted by molar-refractivity contribution is -0.171. The molecular weight excluding hydrogens is 475 g/mol. The second-order valence-electron chi connectivity index (χ2n) is 9.77. The summed E-state index contributed by atoms with van der Waals surface area (Å²) in [6.07, 6.45) is -6.44. The number of nitrogen functional groups attached to an aromatic ring is 1. The first-order chi connectivity index (χ1) is 16.8. The first-order valence-corrected chi connectivity index (χ1v) is 11.7. The lowest BCUT2D eigenvalue weighted by Gasteiger charge is -2.43. The monoisotopic (exact) mass is 507 g/mol. The van der Waals surface area contributed by atoms with Crippen molar-refractivity contribution >= 4 is 23.3 Å². The Morgan fingerprint density at radius 2 is 1.72 bits per heavy atom. The summed E-state index contributed by atoms with van der Waals surface area (Å²) in [6.45, 7) is 7.75. The van der Waals surface area contributed by atoms with E-state index in [4.69, 9.17) is 15.2 Å². The third-order valence-electron chi connectivity index (χ3n) is 5.83. The Labute approximate surface area is 208 Å². The molecule has 1 saturated heterocycles. The molecule has 1 aliphatic heterocycles. The van der Waals surface area contributed by atoms with Crippen LogP contribution in [0.4, 0.5) is 29.3 Å². The summed E-state index contributed by atoms with van der Waals surface area (Å²) in [5.41, 5.74) is 7.45. The van der Waals surface area contributed by atoms with Gasteiger partial charge >= 0.3 is 12.3 Å². The van der Waals surface area contributed by atoms with Crippen molar-refractivity contribution in [3.05, 3.63) is 48.0 Å². The van der Waals surface area contributed by atoms with Crippen LogP contribution in [0.15, 0.2) is 42.5 Å². The molecular formula is C26H32F3N3O4. The van der Waals surface area contributed by atoms with Gasteiger partial charge in [-0.2, -0.15) is 13.2 Å². The molecule has 0 spiro atoms. The summed E-state index contributed by atoms with van der Waals surface area (Å²) in [6, 6.07) is 12.0. The molecule has 7 nitrogen and oxygen atoms in total. The van der Waals surface area contributed by atoms with E-state index in [1.165, 1.54) is 4.90 Å². The number of piperazine rings is 1.